The summed E-state index contributed by atoms with van der Waals surface area (Å²) in [7, 11) is 0. The number of hydrogen-bond acceptors (Lipinski definition) is 5. The van der Waals surface area contributed by atoms with Crippen LogP contribution in [0.1, 0.15) is 22.6 Å². The number of benzene rings is 2. The highest BCUT2D eigenvalue weighted by molar-refractivity contribution is 5.78. The van der Waals surface area contributed by atoms with Crippen LogP contribution in [0.15, 0.2) is 59.6 Å². The number of hydrogen-bond donors (Lipinski definition) is 0. The molecule has 0 fully saturated rings. The molecular weight excluding hydrogens is 366 g/mol. The molecule has 0 aliphatic heterocycles. The van der Waals surface area contributed by atoms with Crippen molar-refractivity contribution in [2.75, 3.05) is 13.2 Å². The molecule has 0 radical (unpaired) electrons. The molecule has 0 aliphatic rings. The monoisotopic (exact) mass is 391 g/mol. The fourth-order valence-corrected chi connectivity index (χ4v) is 2.82. The van der Waals surface area contributed by atoms with Gasteiger partial charge in [0.05, 0.1) is 0 Å². The predicted octanol–water partition coefficient (Wildman–Crippen LogP) is 4.26. The van der Waals surface area contributed by atoms with Crippen LogP contribution in [-0.4, -0.2) is 34.1 Å². The Kier molecular flexibility index (Phi) is 6.44. The summed E-state index contributed by atoms with van der Waals surface area (Å²) in [5.74, 6) is 1.39. The van der Waals surface area contributed by atoms with Crippen molar-refractivity contribution >= 4 is 5.91 Å². The average molecular weight is 391 g/mol. The van der Waals surface area contributed by atoms with E-state index in [0.717, 1.165) is 22.3 Å². The van der Waals surface area contributed by atoms with Crippen LogP contribution >= 0.6 is 0 Å². The summed E-state index contributed by atoms with van der Waals surface area (Å²) in [5, 5.41) is 4.02. The SMILES string of the molecule is C=CCN(Cc1nc(-c2ccc(C)cc2)no1)C(=O)COc1cccc(C)c1C. The topological polar surface area (TPSA) is 68.5 Å². The van der Waals surface area contributed by atoms with E-state index >= 15 is 0 Å². The molecule has 0 spiro atoms. The van der Waals surface area contributed by atoms with Gasteiger partial charge in [-0.1, -0.05) is 53.2 Å². The fourth-order valence-electron chi connectivity index (χ4n) is 2.82. The first-order chi connectivity index (χ1) is 14.0. The van der Waals surface area contributed by atoms with Crippen molar-refractivity contribution in [3.63, 3.8) is 0 Å². The van der Waals surface area contributed by atoms with Gasteiger partial charge in [-0.3, -0.25) is 4.79 Å². The Morgan fingerprint density at radius 2 is 1.93 bits per heavy atom. The maximum Gasteiger partial charge on any atom is 0.261 e. The number of rotatable bonds is 8. The van der Waals surface area contributed by atoms with Gasteiger partial charge in [0.1, 0.15) is 12.3 Å². The second-order valence-electron chi connectivity index (χ2n) is 6.93. The van der Waals surface area contributed by atoms with E-state index in [2.05, 4.69) is 16.7 Å². The zero-order chi connectivity index (χ0) is 20.8. The number of carbonyl (C=O) groups is 1. The molecule has 6 nitrogen and oxygen atoms in total. The third-order valence-corrected chi connectivity index (χ3v) is 4.71. The van der Waals surface area contributed by atoms with Crippen molar-refractivity contribution in [2.45, 2.75) is 27.3 Å². The molecule has 1 amide bonds. The highest BCUT2D eigenvalue weighted by Gasteiger charge is 2.18. The molecule has 0 N–H and O–H groups in total. The van der Waals surface area contributed by atoms with E-state index in [9.17, 15) is 4.79 Å². The molecule has 2 aromatic carbocycles. The smallest absolute Gasteiger partial charge is 0.261 e. The Morgan fingerprint density at radius 1 is 1.17 bits per heavy atom. The number of nitrogens with zero attached hydrogens (tertiary/aromatic N) is 3. The van der Waals surface area contributed by atoms with Crippen LogP contribution in [0.2, 0.25) is 0 Å². The summed E-state index contributed by atoms with van der Waals surface area (Å²) in [4.78, 5) is 18.7. The van der Waals surface area contributed by atoms with Gasteiger partial charge in [0.25, 0.3) is 5.91 Å². The standard InChI is InChI=1S/C23H25N3O3/c1-5-13-26(22(27)15-28-20-8-6-7-17(3)18(20)4)14-21-24-23(25-29-21)19-11-9-16(2)10-12-19/h5-12H,1,13-15H2,2-4H3. The molecule has 3 rings (SSSR count). The summed E-state index contributed by atoms with van der Waals surface area (Å²) in [5.41, 5.74) is 4.16. The van der Waals surface area contributed by atoms with E-state index in [1.807, 2.05) is 63.2 Å². The normalized spacial score (nSPS) is 10.6. The second kappa shape index (κ2) is 9.19. The Morgan fingerprint density at radius 3 is 2.66 bits per heavy atom. The molecular formula is C23H25N3O3. The van der Waals surface area contributed by atoms with Gasteiger partial charge in [-0.05, 0) is 38.0 Å². The fraction of sp³-hybridized carbons (Fsp3) is 0.261. The molecule has 1 aromatic heterocycles. The maximum absolute atomic E-state index is 12.7. The Hall–Kier alpha value is -3.41. The molecule has 0 bridgehead atoms. The number of amides is 1. The lowest BCUT2D eigenvalue weighted by atomic mass is 10.1. The Labute approximate surface area is 170 Å². The van der Waals surface area contributed by atoms with Crippen LogP contribution in [0, 0.1) is 20.8 Å². The number of carbonyl (C=O) groups excluding carboxylic acids is 1. The number of aromatic nitrogens is 2. The zero-order valence-corrected chi connectivity index (χ0v) is 17.0. The van der Waals surface area contributed by atoms with Crippen molar-refractivity contribution in [3.05, 3.63) is 77.7 Å². The minimum absolute atomic E-state index is 0.0723. The molecule has 29 heavy (non-hydrogen) atoms. The summed E-state index contributed by atoms with van der Waals surface area (Å²) in [6.45, 7) is 10.2. The van der Waals surface area contributed by atoms with E-state index in [1.165, 1.54) is 0 Å². The molecule has 0 aliphatic carbocycles. The van der Waals surface area contributed by atoms with Crippen molar-refractivity contribution in [1.82, 2.24) is 15.0 Å². The summed E-state index contributed by atoms with van der Waals surface area (Å²) < 4.78 is 11.1. The quantitative estimate of drug-likeness (QED) is 0.537. The average Bonchev–Trinajstić information content (AvgIpc) is 3.17. The predicted molar refractivity (Wildman–Crippen MR) is 111 cm³/mol. The third kappa shape index (κ3) is 5.10. The third-order valence-electron chi connectivity index (χ3n) is 4.71. The van der Waals surface area contributed by atoms with E-state index in [4.69, 9.17) is 9.26 Å². The van der Waals surface area contributed by atoms with Gasteiger partial charge in [-0.2, -0.15) is 4.98 Å². The van der Waals surface area contributed by atoms with E-state index in [-0.39, 0.29) is 19.1 Å². The number of aryl methyl sites for hydroxylation is 2. The first-order valence-corrected chi connectivity index (χ1v) is 9.45. The van der Waals surface area contributed by atoms with Crippen LogP contribution in [0.25, 0.3) is 11.4 Å². The number of ether oxygens (including phenoxy) is 1. The molecule has 0 saturated heterocycles. The van der Waals surface area contributed by atoms with Gasteiger partial charge in [0, 0.05) is 12.1 Å². The van der Waals surface area contributed by atoms with Crippen LogP contribution < -0.4 is 4.74 Å². The van der Waals surface area contributed by atoms with Crippen LogP contribution in [-0.2, 0) is 11.3 Å². The molecule has 150 valence electrons. The van der Waals surface area contributed by atoms with Crippen molar-refractivity contribution in [2.24, 2.45) is 0 Å². The first-order valence-electron chi connectivity index (χ1n) is 9.45. The lowest BCUT2D eigenvalue weighted by Gasteiger charge is -2.19. The summed E-state index contributed by atoms with van der Waals surface area (Å²) >= 11 is 0. The highest BCUT2D eigenvalue weighted by atomic mass is 16.5. The largest absolute Gasteiger partial charge is 0.483 e. The molecule has 0 unspecified atom stereocenters. The van der Waals surface area contributed by atoms with Gasteiger partial charge in [-0.25, -0.2) is 0 Å². The molecule has 0 atom stereocenters. The van der Waals surface area contributed by atoms with Gasteiger partial charge in [0.15, 0.2) is 6.61 Å². The Bertz CT molecular complexity index is 993. The minimum atomic E-state index is -0.180. The van der Waals surface area contributed by atoms with Gasteiger partial charge >= 0.3 is 0 Å². The summed E-state index contributed by atoms with van der Waals surface area (Å²) in [6, 6.07) is 13.6. The lowest BCUT2D eigenvalue weighted by Crippen LogP contribution is -2.34. The van der Waals surface area contributed by atoms with Crippen molar-refractivity contribution in [3.8, 4) is 17.1 Å². The van der Waals surface area contributed by atoms with Crippen LogP contribution in [0.5, 0.6) is 5.75 Å². The lowest BCUT2D eigenvalue weighted by molar-refractivity contribution is -0.133. The van der Waals surface area contributed by atoms with E-state index in [1.54, 1.807) is 11.0 Å². The van der Waals surface area contributed by atoms with Gasteiger partial charge in [0.2, 0.25) is 11.7 Å². The van der Waals surface area contributed by atoms with E-state index < -0.39 is 0 Å². The van der Waals surface area contributed by atoms with Gasteiger partial charge in [-0.15, -0.1) is 6.58 Å². The first kappa shape index (κ1) is 20.3. The van der Waals surface area contributed by atoms with Crippen LogP contribution in [0.3, 0.4) is 0 Å². The van der Waals surface area contributed by atoms with Crippen molar-refractivity contribution < 1.29 is 14.1 Å². The highest BCUT2D eigenvalue weighted by Crippen LogP contribution is 2.21. The summed E-state index contributed by atoms with van der Waals surface area (Å²) in [6.07, 6.45) is 1.66. The van der Waals surface area contributed by atoms with Gasteiger partial charge < -0.3 is 14.2 Å². The second-order valence-corrected chi connectivity index (χ2v) is 6.93. The molecule has 0 saturated carbocycles. The minimum Gasteiger partial charge on any atom is -0.483 e. The molecule has 3 aromatic rings. The Balaban J connectivity index is 1.66. The zero-order valence-electron chi connectivity index (χ0n) is 17.0. The molecule has 6 heteroatoms. The molecule has 1 heterocycles. The van der Waals surface area contributed by atoms with Crippen molar-refractivity contribution in [1.29, 1.82) is 0 Å². The van der Waals surface area contributed by atoms with Crippen LogP contribution in [0.4, 0.5) is 0 Å². The van der Waals surface area contributed by atoms with E-state index in [0.29, 0.717) is 24.0 Å². The maximum atomic E-state index is 12.7.